The fraction of sp³-hybridized carbons (Fsp3) is 0.133. The lowest BCUT2D eigenvalue weighted by Gasteiger charge is -2.07. The zero-order valence-electron chi connectivity index (χ0n) is 10.6. The number of methoxy groups -OCH3 is 1. The molecule has 0 saturated heterocycles. The SMILES string of the molecule is COc1ccc(CC(=O)c2ccc(Cl)c(Br)c2)cc1Br. The Bertz CT molecular complexity index is 656. The van der Waals surface area contributed by atoms with Crippen molar-refractivity contribution < 1.29 is 9.53 Å². The number of ketones is 1. The van der Waals surface area contributed by atoms with Crippen LogP contribution in [-0.2, 0) is 6.42 Å². The second-order valence-corrected chi connectivity index (χ2v) is 6.31. The van der Waals surface area contributed by atoms with E-state index in [1.165, 1.54) is 0 Å². The van der Waals surface area contributed by atoms with Gasteiger partial charge in [0.15, 0.2) is 5.78 Å². The highest BCUT2D eigenvalue weighted by Gasteiger charge is 2.10. The lowest BCUT2D eigenvalue weighted by atomic mass is 10.0. The van der Waals surface area contributed by atoms with Gasteiger partial charge in [-0.15, -0.1) is 0 Å². The molecule has 0 aliphatic carbocycles. The van der Waals surface area contributed by atoms with E-state index in [9.17, 15) is 4.79 Å². The third-order valence-electron chi connectivity index (χ3n) is 2.82. The van der Waals surface area contributed by atoms with Gasteiger partial charge in [-0.25, -0.2) is 0 Å². The van der Waals surface area contributed by atoms with Gasteiger partial charge in [0.05, 0.1) is 16.6 Å². The number of hydrogen-bond acceptors (Lipinski definition) is 2. The summed E-state index contributed by atoms with van der Waals surface area (Å²) in [5.41, 5.74) is 1.56. The van der Waals surface area contributed by atoms with Crippen LogP contribution in [0.4, 0.5) is 0 Å². The summed E-state index contributed by atoms with van der Waals surface area (Å²) in [6, 6.07) is 10.8. The maximum Gasteiger partial charge on any atom is 0.167 e. The van der Waals surface area contributed by atoms with E-state index in [1.807, 2.05) is 18.2 Å². The largest absolute Gasteiger partial charge is 0.496 e. The molecule has 0 fully saturated rings. The van der Waals surface area contributed by atoms with Gasteiger partial charge in [0, 0.05) is 16.5 Å². The summed E-state index contributed by atoms with van der Waals surface area (Å²) in [6.07, 6.45) is 0.330. The molecule has 0 N–H and O–H groups in total. The quantitative estimate of drug-likeness (QED) is 0.630. The van der Waals surface area contributed by atoms with Crippen molar-refractivity contribution in [2.24, 2.45) is 0 Å². The van der Waals surface area contributed by atoms with Crippen LogP contribution in [0.2, 0.25) is 5.02 Å². The smallest absolute Gasteiger partial charge is 0.167 e. The van der Waals surface area contributed by atoms with E-state index >= 15 is 0 Å². The van der Waals surface area contributed by atoms with E-state index in [-0.39, 0.29) is 5.78 Å². The number of hydrogen-bond donors (Lipinski definition) is 0. The highest BCUT2D eigenvalue weighted by molar-refractivity contribution is 9.10. The molecular weight excluding hydrogens is 407 g/mol. The van der Waals surface area contributed by atoms with Crippen molar-refractivity contribution in [1.29, 1.82) is 0 Å². The first kappa shape index (κ1) is 15.5. The molecule has 0 aliphatic heterocycles. The molecule has 2 nitrogen and oxygen atoms in total. The number of carbonyl (C=O) groups excluding carboxylic acids is 1. The lowest BCUT2D eigenvalue weighted by Crippen LogP contribution is -2.03. The van der Waals surface area contributed by atoms with Crippen molar-refractivity contribution in [3.8, 4) is 5.75 Å². The Morgan fingerprint density at radius 3 is 2.50 bits per heavy atom. The van der Waals surface area contributed by atoms with E-state index in [0.29, 0.717) is 17.0 Å². The van der Waals surface area contributed by atoms with Gasteiger partial charge in [0.25, 0.3) is 0 Å². The van der Waals surface area contributed by atoms with Gasteiger partial charge in [-0.3, -0.25) is 4.79 Å². The maximum atomic E-state index is 12.2. The Labute approximate surface area is 139 Å². The standard InChI is InChI=1S/C15H11Br2ClO2/c1-20-15-5-2-9(6-12(15)17)7-14(19)10-3-4-13(18)11(16)8-10/h2-6,8H,7H2,1H3. The van der Waals surface area contributed by atoms with Crippen molar-refractivity contribution in [3.05, 3.63) is 61.5 Å². The number of ether oxygens (including phenoxy) is 1. The van der Waals surface area contributed by atoms with Crippen molar-refractivity contribution in [3.63, 3.8) is 0 Å². The molecule has 5 heteroatoms. The van der Waals surface area contributed by atoms with Crippen LogP contribution in [0, 0.1) is 0 Å². The number of benzene rings is 2. The third kappa shape index (κ3) is 3.62. The predicted molar refractivity (Wildman–Crippen MR) is 87.9 cm³/mol. The summed E-state index contributed by atoms with van der Waals surface area (Å²) in [6.45, 7) is 0. The minimum absolute atomic E-state index is 0.0411. The maximum absolute atomic E-state index is 12.2. The van der Waals surface area contributed by atoms with Gasteiger partial charge in [-0.2, -0.15) is 0 Å². The number of Topliss-reactive ketones (excluding diaryl/α,β-unsaturated/α-hetero) is 1. The molecule has 2 aromatic rings. The predicted octanol–water partition coefficient (Wildman–Crippen LogP) is 5.30. The van der Waals surface area contributed by atoms with Crippen molar-refractivity contribution in [1.82, 2.24) is 0 Å². The van der Waals surface area contributed by atoms with Crippen molar-refractivity contribution in [2.75, 3.05) is 7.11 Å². The molecule has 0 heterocycles. The summed E-state index contributed by atoms with van der Waals surface area (Å²) >= 11 is 12.7. The Hall–Kier alpha value is -0.840. The third-order valence-corrected chi connectivity index (χ3v) is 4.66. The van der Waals surface area contributed by atoms with Crippen LogP contribution in [0.1, 0.15) is 15.9 Å². The van der Waals surface area contributed by atoms with Crippen LogP contribution in [0.15, 0.2) is 45.3 Å². The normalized spacial score (nSPS) is 10.4. The second-order valence-electron chi connectivity index (χ2n) is 4.20. The van der Waals surface area contributed by atoms with Gasteiger partial charge >= 0.3 is 0 Å². The van der Waals surface area contributed by atoms with Gasteiger partial charge < -0.3 is 4.74 Å². The second kappa shape index (κ2) is 6.74. The van der Waals surface area contributed by atoms with Crippen molar-refractivity contribution >= 4 is 49.2 Å². The van der Waals surface area contributed by atoms with Crippen LogP contribution in [0.5, 0.6) is 5.75 Å². The zero-order valence-corrected chi connectivity index (χ0v) is 14.5. The van der Waals surface area contributed by atoms with Gasteiger partial charge in [0.2, 0.25) is 0 Å². The minimum atomic E-state index is 0.0411. The van der Waals surface area contributed by atoms with Gasteiger partial charge in [0.1, 0.15) is 5.75 Å². The van der Waals surface area contributed by atoms with Crippen LogP contribution in [-0.4, -0.2) is 12.9 Å². The topological polar surface area (TPSA) is 26.3 Å². The molecule has 0 aliphatic rings. The van der Waals surface area contributed by atoms with Gasteiger partial charge in [-0.05, 0) is 67.8 Å². The molecule has 0 amide bonds. The molecule has 0 spiro atoms. The summed E-state index contributed by atoms with van der Waals surface area (Å²) in [5.74, 6) is 0.787. The highest BCUT2D eigenvalue weighted by atomic mass is 79.9. The van der Waals surface area contributed by atoms with Crippen molar-refractivity contribution in [2.45, 2.75) is 6.42 Å². The molecule has 0 bridgehead atoms. The van der Waals surface area contributed by atoms with Crippen LogP contribution >= 0.6 is 43.5 Å². The van der Waals surface area contributed by atoms with Crippen LogP contribution in [0.25, 0.3) is 0 Å². The summed E-state index contributed by atoms with van der Waals surface area (Å²) in [4.78, 5) is 12.2. The van der Waals surface area contributed by atoms with E-state index in [0.717, 1.165) is 20.3 Å². The minimum Gasteiger partial charge on any atom is -0.496 e. The Balaban J connectivity index is 2.19. The molecule has 0 aromatic heterocycles. The van der Waals surface area contributed by atoms with Gasteiger partial charge in [-0.1, -0.05) is 17.7 Å². The van der Waals surface area contributed by atoms with E-state index < -0.39 is 0 Å². The Kier molecular flexibility index (Phi) is 5.24. The fourth-order valence-corrected chi connectivity index (χ4v) is 2.86. The molecule has 104 valence electrons. The number of halogens is 3. The molecule has 0 saturated carbocycles. The van der Waals surface area contributed by atoms with E-state index in [2.05, 4.69) is 31.9 Å². The van der Waals surface area contributed by atoms with Crippen LogP contribution < -0.4 is 4.74 Å². The first-order valence-corrected chi connectivity index (χ1v) is 7.78. The molecular formula is C15H11Br2ClO2. The summed E-state index contributed by atoms with van der Waals surface area (Å²) in [5, 5.41) is 0.591. The number of rotatable bonds is 4. The molecule has 0 unspecified atom stereocenters. The summed E-state index contributed by atoms with van der Waals surface area (Å²) in [7, 11) is 1.61. The van der Waals surface area contributed by atoms with E-state index in [4.69, 9.17) is 16.3 Å². The highest BCUT2D eigenvalue weighted by Crippen LogP contribution is 2.27. The molecule has 0 radical (unpaired) electrons. The first-order chi connectivity index (χ1) is 9.51. The molecule has 2 aromatic carbocycles. The fourth-order valence-electron chi connectivity index (χ4n) is 1.78. The Morgan fingerprint density at radius 1 is 1.15 bits per heavy atom. The molecule has 0 atom stereocenters. The molecule has 2 rings (SSSR count). The number of carbonyl (C=O) groups is 1. The molecule has 20 heavy (non-hydrogen) atoms. The zero-order chi connectivity index (χ0) is 14.7. The Morgan fingerprint density at radius 2 is 1.90 bits per heavy atom. The van der Waals surface area contributed by atoms with Crippen LogP contribution in [0.3, 0.4) is 0 Å². The summed E-state index contributed by atoms with van der Waals surface area (Å²) < 4.78 is 6.72. The van der Waals surface area contributed by atoms with E-state index in [1.54, 1.807) is 25.3 Å². The average molecular weight is 419 g/mol. The monoisotopic (exact) mass is 416 g/mol. The lowest BCUT2D eigenvalue weighted by molar-refractivity contribution is 0.0993. The first-order valence-electron chi connectivity index (χ1n) is 5.82. The average Bonchev–Trinajstić information content (AvgIpc) is 2.42.